The van der Waals surface area contributed by atoms with Crippen LogP contribution in [0.4, 0.5) is 10.5 Å². The summed E-state index contributed by atoms with van der Waals surface area (Å²) in [5.41, 5.74) is 6.28. The number of nitrogen functional groups attached to an aromatic ring is 1. The molecule has 0 aliphatic heterocycles. The number of benzene rings is 2. The van der Waals surface area contributed by atoms with Gasteiger partial charge in [0.1, 0.15) is 5.75 Å². The minimum Gasteiger partial charge on any atom is -0.415 e. The molecular formula is C20H23ClN2O4S. The summed E-state index contributed by atoms with van der Waals surface area (Å²) in [5.74, 6) is 0.353. The number of ether oxygens (including phenoxy) is 1. The van der Waals surface area contributed by atoms with Gasteiger partial charge >= 0.3 is 5.43 Å². The predicted octanol–water partition coefficient (Wildman–Crippen LogP) is 4.18. The van der Waals surface area contributed by atoms with Crippen LogP contribution in [0.3, 0.4) is 0 Å². The average molecular weight is 423 g/mol. The Morgan fingerprint density at radius 2 is 1.68 bits per heavy atom. The van der Waals surface area contributed by atoms with Crippen molar-refractivity contribution in [2.45, 2.75) is 43.0 Å². The van der Waals surface area contributed by atoms with Crippen molar-refractivity contribution in [1.82, 2.24) is 4.31 Å². The zero-order valence-corrected chi connectivity index (χ0v) is 17.0. The second kappa shape index (κ2) is 8.94. The van der Waals surface area contributed by atoms with Crippen LogP contribution in [0.15, 0.2) is 53.4 Å². The minimum absolute atomic E-state index is 0.0130. The van der Waals surface area contributed by atoms with Crippen LogP contribution in [0.2, 0.25) is 0 Å². The fourth-order valence-electron chi connectivity index (χ4n) is 3.52. The fraction of sp³-hybridized carbons (Fsp3) is 0.350. The van der Waals surface area contributed by atoms with Gasteiger partial charge in [-0.1, -0.05) is 25.0 Å². The van der Waals surface area contributed by atoms with Gasteiger partial charge < -0.3 is 10.5 Å². The molecule has 0 amide bonds. The first-order valence-corrected chi connectivity index (χ1v) is 11.0. The van der Waals surface area contributed by atoms with Crippen LogP contribution in [-0.4, -0.2) is 30.7 Å². The normalized spacial score (nSPS) is 15.1. The lowest BCUT2D eigenvalue weighted by Gasteiger charge is -2.28. The molecule has 2 aromatic rings. The zero-order valence-electron chi connectivity index (χ0n) is 15.4. The van der Waals surface area contributed by atoms with Gasteiger partial charge in [-0.15, -0.1) is 0 Å². The van der Waals surface area contributed by atoms with Gasteiger partial charge in [0.15, 0.2) is 0 Å². The Balaban J connectivity index is 1.77. The third-order valence-electron chi connectivity index (χ3n) is 4.96. The van der Waals surface area contributed by atoms with Crippen molar-refractivity contribution in [3.63, 3.8) is 0 Å². The number of carbonyl (C=O) groups excluding carboxylic acids is 1. The standard InChI is InChI=1S/C20H23ClN2O4S/c21-20(24)27-18-9-5-15(6-10-18)13-14-23(17-3-1-2-4-17)28(25,26)19-11-7-16(22)8-12-19/h5-12,17H,1-4,13-14,22H2. The highest BCUT2D eigenvalue weighted by atomic mass is 35.5. The van der Waals surface area contributed by atoms with E-state index in [1.54, 1.807) is 52.8 Å². The molecule has 3 rings (SSSR count). The lowest BCUT2D eigenvalue weighted by molar-refractivity contribution is 0.225. The van der Waals surface area contributed by atoms with Gasteiger partial charge in [-0.05, 0) is 61.2 Å². The van der Waals surface area contributed by atoms with Crippen LogP contribution in [-0.2, 0) is 16.4 Å². The Morgan fingerprint density at radius 1 is 1.07 bits per heavy atom. The molecular weight excluding hydrogens is 400 g/mol. The first kappa shape index (κ1) is 20.6. The second-order valence-corrected chi connectivity index (χ2v) is 9.06. The van der Waals surface area contributed by atoms with Crippen molar-refractivity contribution in [2.75, 3.05) is 12.3 Å². The molecule has 28 heavy (non-hydrogen) atoms. The molecule has 0 spiro atoms. The van der Waals surface area contributed by atoms with Crippen molar-refractivity contribution in [3.05, 3.63) is 54.1 Å². The summed E-state index contributed by atoms with van der Waals surface area (Å²) in [5, 5.41) is 0. The van der Waals surface area contributed by atoms with Crippen LogP contribution in [0, 0.1) is 0 Å². The Bertz CT molecular complexity index is 908. The average Bonchev–Trinajstić information content (AvgIpc) is 3.17. The van der Waals surface area contributed by atoms with E-state index in [9.17, 15) is 13.2 Å². The van der Waals surface area contributed by atoms with Crippen LogP contribution >= 0.6 is 11.6 Å². The molecule has 0 saturated heterocycles. The van der Waals surface area contributed by atoms with Crippen molar-refractivity contribution < 1.29 is 17.9 Å². The molecule has 0 unspecified atom stereocenters. The fourth-order valence-corrected chi connectivity index (χ4v) is 5.30. The van der Waals surface area contributed by atoms with Crippen molar-refractivity contribution in [1.29, 1.82) is 0 Å². The van der Waals surface area contributed by atoms with Crippen molar-refractivity contribution in [2.24, 2.45) is 0 Å². The molecule has 150 valence electrons. The van der Waals surface area contributed by atoms with E-state index < -0.39 is 15.5 Å². The predicted molar refractivity (Wildman–Crippen MR) is 109 cm³/mol. The number of nitrogens with two attached hydrogens (primary N) is 1. The first-order valence-electron chi connectivity index (χ1n) is 9.20. The third-order valence-corrected chi connectivity index (χ3v) is 7.00. The Hall–Kier alpha value is -2.09. The maximum atomic E-state index is 13.2. The summed E-state index contributed by atoms with van der Waals surface area (Å²) in [4.78, 5) is 11.1. The Labute approximate surface area is 170 Å². The molecule has 1 fully saturated rings. The smallest absolute Gasteiger partial charge is 0.409 e. The number of carbonyl (C=O) groups is 1. The number of anilines is 1. The zero-order chi connectivity index (χ0) is 20.1. The van der Waals surface area contributed by atoms with E-state index in [4.69, 9.17) is 22.1 Å². The highest BCUT2D eigenvalue weighted by molar-refractivity contribution is 7.89. The molecule has 6 nitrogen and oxygen atoms in total. The van der Waals surface area contributed by atoms with E-state index in [1.165, 1.54) is 0 Å². The van der Waals surface area contributed by atoms with Gasteiger partial charge in [-0.2, -0.15) is 4.31 Å². The molecule has 2 N–H and O–H groups in total. The Kier molecular flexibility index (Phi) is 6.59. The lowest BCUT2D eigenvalue weighted by Crippen LogP contribution is -2.40. The first-order chi connectivity index (χ1) is 13.4. The van der Waals surface area contributed by atoms with Gasteiger partial charge in [0.2, 0.25) is 10.0 Å². The van der Waals surface area contributed by atoms with Gasteiger partial charge in [-0.3, -0.25) is 0 Å². The monoisotopic (exact) mass is 422 g/mol. The summed E-state index contributed by atoms with van der Waals surface area (Å²) in [6, 6.07) is 13.2. The number of hydrogen-bond acceptors (Lipinski definition) is 5. The molecule has 0 radical (unpaired) electrons. The van der Waals surface area contributed by atoms with Crippen molar-refractivity contribution >= 4 is 32.7 Å². The molecule has 1 saturated carbocycles. The quantitative estimate of drug-likeness (QED) is 0.534. The highest BCUT2D eigenvalue weighted by Gasteiger charge is 2.32. The van der Waals surface area contributed by atoms with E-state index in [0.29, 0.717) is 24.4 Å². The molecule has 2 aromatic carbocycles. The van der Waals surface area contributed by atoms with E-state index >= 15 is 0 Å². The number of halogens is 1. The number of hydrogen-bond donors (Lipinski definition) is 1. The molecule has 1 aliphatic carbocycles. The Morgan fingerprint density at radius 3 is 2.25 bits per heavy atom. The van der Waals surface area contributed by atoms with Crippen LogP contribution in [0.5, 0.6) is 5.75 Å². The number of rotatable bonds is 7. The lowest BCUT2D eigenvalue weighted by atomic mass is 10.1. The van der Waals surface area contributed by atoms with Gasteiger partial charge in [0.25, 0.3) is 0 Å². The largest absolute Gasteiger partial charge is 0.415 e. The summed E-state index contributed by atoms with van der Waals surface area (Å²) in [6.45, 7) is 0.381. The van der Waals surface area contributed by atoms with E-state index in [2.05, 4.69) is 0 Å². The van der Waals surface area contributed by atoms with Gasteiger partial charge in [-0.25, -0.2) is 13.2 Å². The number of nitrogens with zero attached hydrogens (tertiary/aromatic N) is 1. The molecule has 0 bridgehead atoms. The third kappa shape index (κ3) is 5.04. The molecule has 1 aliphatic rings. The minimum atomic E-state index is -3.60. The maximum Gasteiger partial charge on any atom is 0.409 e. The molecule has 0 aromatic heterocycles. The summed E-state index contributed by atoms with van der Waals surface area (Å²) in [6.07, 6.45) is 4.38. The topological polar surface area (TPSA) is 89.7 Å². The maximum absolute atomic E-state index is 13.2. The number of sulfonamides is 1. The van der Waals surface area contributed by atoms with E-state index in [1.807, 2.05) is 0 Å². The van der Waals surface area contributed by atoms with Crippen molar-refractivity contribution in [3.8, 4) is 5.75 Å². The van der Waals surface area contributed by atoms with E-state index in [-0.39, 0.29) is 10.9 Å². The van der Waals surface area contributed by atoms with Gasteiger partial charge in [0.05, 0.1) is 4.90 Å². The van der Waals surface area contributed by atoms with Crippen LogP contribution in [0.25, 0.3) is 0 Å². The highest BCUT2D eigenvalue weighted by Crippen LogP contribution is 2.29. The van der Waals surface area contributed by atoms with Crippen LogP contribution < -0.4 is 10.5 Å². The summed E-state index contributed by atoms with van der Waals surface area (Å²) in [7, 11) is -3.60. The van der Waals surface area contributed by atoms with Gasteiger partial charge in [0, 0.05) is 29.9 Å². The summed E-state index contributed by atoms with van der Waals surface area (Å²) >= 11 is 5.20. The SMILES string of the molecule is Nc1ccc(S(=O)(=O)N(CCc2ccc(OC(=O)Cl)cc2)C2CCCC2)cc1. The summed E-state index contributed by atoms with van der Waals surface area (Å²) < 4.78 is 32.9. The second-order valence-electron chi connectivity index (χ2n) is 6.86. The molecule has 8 heteroatoms. The molecule has 0 atom stereocenters. The van der Waals surface area contributed by atoms with E-state index in [0.717, 1.165) is 31.2 Å². The van der Waals surface area contributed by atoms with Crippen LogP contribution in [0.1, 0.15) is 31.2 Å². The molecule has 0 heterocycles.